The summed E-state index contributed by atoms with van der Waals surface area (Å²) in [5.74, 6) is 5.31. The molecule has 2 saturated heterocycles. The third kappa shape index (κ3) is 3.86. The van der Waals surface area contributed by atoms with Crippen LogP contribution in [0.5, 0.6) is 0 Å². The first-order valence-corrected chi connectivity index (χ1v) is 13.9. The van der Waals surface area contributed by atoms with Crippen LogP contribution in [0.4, 0.5) is 0 Å². The van der Waals surface area contributed by atoms with Gasteiger partial charge in [0.25, 0.3) is 0 Å². The Bertz CT molecular complexity index is 674. The fourth-order valence-electron chi connectivity index (χ4n) is 9.52. The molecule has 0 radical (unpaired) electrons. The largest absolute Gasteiger partial charge is 0.369 e. The second-order valence-corrected chi connectivity index (χ2v) is 13.1. The average molecular weight is 428 g/mol. The molecular weight excluding hydrogens is 378 g/mol. The van der Waals surface area contributed by atoms with Gasteiger partial charge in [0.2, 0.25) is 0 Å². The van der Waals surface area contributed by atoms with Gasteiger partial charge in [-0.2, -0.15) is 0 Å². The average Bonchev–Trinajstić information content (AvgIpc) is 3.25. The van der Waals surface area contributed by atoms with E-state index in [0.29, 0.717) is 23.5 Å². The molecule has 10 atom stereocenters. The fraction of sp³-hybridized carbons (Fsp3) is 0.931. The van der Waals surface area contributed by atoms with E-state index in [-0.39, 0.29) is 5.60 Å². The summed E-state index contributed by atoms with van der Waals surface area (Å²) in [6.45, 7) is 15.2. The monoisotopic (exact) mass is 427 g/mol. The smallest absolute Gasteiger partial charge is 0.0765 e. The van der Waals surface area contributed by atoms with Gasteiger partial charge in [0.05, 0.1) is 11.7 Å². The Morgan fingerprint density at radius 1 is 1.10 bits per heavy atom. The molecule has 0 bridgehead atoms. The molecule has 3 aliphatic carbocycles. The highest BCUT2D eigenvalue weighted by molar-refractivity contribution is 5.11. The number of rotatable bonds is 5. The lowest BCUT2D eigenvalue weighted by Crippen LogP contribution is -2.48. The van der Waals surface area contributed by atoms with Gasteiger partial charge < -0.3 is 10.1 Å². The molecule has 31 heavy (non-hydrogen) atoms. The Labute approximate surface area is 192 Å². The van der Waals surface area contributed by atoms with Crippen molar-refractivity contribution >= 4 is 0 Å². The van der Waals surface area contributed by atoms with E-state index in [2.05, 4.69) is 39.6 Å². The second kappa shape index (κ2) is 8.46. The maximum Gasteiger partial charge on any atom is 0.0765 e. The molecule has 0 unspecified atom stereocenters. The van der Waals surface area contributed by atoms with Crippen molar-refractivity contribution in [2.24, 2.45) is 40.9 Å². The molecule has 176 valence electrons. The van der Waals surface area contributed by atoms with Crippen LogP contribution in [0.2, 0.25) is 0 Å². The van der Waals surface area contributed by atoms with E-state index in [0.717, 1.165) is 42.6 Å². The van der Waals surface area contributed by atoms with Gasteiger partial charge >= 0.3 is 0 Å². The molecule has 2 aliphatic heterocycles. The standard InChI is InChI=1S/C29H49NO/c1-19(2)17-29(21(4)27-26(31-29)16-20(3)18-30-27)15-13-22-9-12-25-24(22)11-10-23-8-6-7-14-28(23,25)5/h20-27,30H,1,6-18H2,2-5H3/t20-,21+,22-,23-,24-,25-,26+,27-,28-,29-/m0/s1. The van der Waals surface area contributed by atoms with E-state index in [4.69, 9.17) is 4.74 Å². The van der Waals surface area contributed by atoms with Crippen LogP contribution in [0.15, 0.2) is 12.2 Å². The Hall–Kier alpha value is -0.340. The number of ether oxygens (including phenoxy) is 1. The minimum Gasteiger partial charge on any atom is -0.369 e. The van der Waals surface area contributed by atoms with Gasteiger partial charge in [-0.1, -0.05) is 39.2 Å². The van der Waals surface area contributed by atoms with E-state index < -0.39 is 0 Å². The Kier molecular flexibility index (Phi) is 6.13. The van der Waals surface area contributed by atoms with Gasteiger partial charge in [-0.3, -0.25) is 0 Å². The molecule has 0 amide bonds. The highest BCUT2D eigenvalue weighted by Gasteiger charge is 2.56. The lowest BCUT2D eigenvalue weighted by molar-refractivity contribution is -0.0762. The van der Waals surface area contributed by atoms with Gasteiger partial charge in [-0.15, -0.1) is 6.58 Å². The van der Waals surface area contributed by atoms with Crippen LogP contribution in [-0.4, -0.2) is 24.3 Å². The third-order valence-corrected chi connectivity index (χ3v) is 11.1. The zero-order chi connectivity index (χ0) is 21.8. The van der Waals surface area contributed by atoms with E-state index >= 15 is 0 Å². The van der Waals surface area contributed by atoms with Crippen LogP contribution in [0.1, 0.15) is 105 Å². The van der Waals surface area contributed by atoms with Crippen LogP contribution in [0.3, 0.4) is 0 Å². The number of fused-ring (bicyclic) bond motifs is 4. The van der Waals surface area contributed by atoms with Crippen LogP contribution in [-0.2, 0) is 4.74 Å². The predicted octanol–water partition coefficient (Wildman–Crippen LogP) is 7.14. The van der Waals surface area contributed by atoms with E-state index in [1.807, 2.05) is 0 Å². The first-order chi connectivity index (χ1) is 14.8. The fourth-order valence-corrected chi connectivity index (χ4v) is 9.52. The quantitative estimate of drug-likeness (QED) is 0.471. The number of hydrogen-bond acceptors (Lipinski definition) is 2. The summed E-state index contributed by atoms with van der Waals surface area (Å²) in [6.07, 6.45) is 17.4. The van der Waals surface area contributed by atoms with Crippen molar-refractivity contribution in [2.75, 3.05) is 6.54 Å². The van der Waals surface area contributed by atoms with Crippen molar-refractivity contribution in [1.29, 1.82) is 0 Å². The van der Waals surface area contributed by atoms with Gasteiger partial charge in [-0.05, 0) is 113 Å². The molecule has 2 nitrogen and oxygen atoms in total. The van der Waals surface area contributed by atoms with Gasteiger partial charge in [0.1, 0.15) is 0 Å². The van der Waals surface area contributed by atoms with Crippen molar-refractivity contribution in [2.45, 2.75) is 122 Å². The predicted molar refractivity (Wildman–Crippen MR) is 130 cm³/mol. The zero-order valence-electron chi connectivity index (χ0n) is 20.9. The van der Waals surface area contributed by atoms with Crippen LogP contribution >= 0.6 is 0 Å². The molecule has 0 aromatic rings. The number of piperidine rings is 1. The normalized spacial score (nSPS) is 51.7. The van der Waals surface area contributed by atoms with Crippen molar-refractivity contribution in [3.05, 3.63) is 12.2 Å². The third-order valence-electron chi connectivity index (χ3n) is 11.1. The summed E-state index contributed by atoms with van der Waals surface area (Å²) < 4.78 is 7.02. The van der Waals surface area contributed by atoms with Crippen LogP contribution in [0, 0.1) is 40.9 Å². The lowest BCUT2D eigenvalue weighted by Gasteiger charge is -2.53. The summed E-state index contributed by atoms with van der Waals surface area (Å²) in [4.78, 5) is 0. The van der Waals surface area contributed by atoms with Crippen molar-refractivity contribution < 1.29 is 4.74 Å². The molecule has 2 heteroatoms. The van der Waals surface area contributed by atoms with Gasteiger partial charge in [0.15, 0.2) is 0 Å². The van der Waals surface area contributed by atoms with Gasteiger partial charge in [-0.25, -0.2) is 0 Å². The highest BCUT2D eigenvalue weighted by Crippen LogP contribution is 2.62. The molecule has 5 fully saturated rings. The zero-order valence-corrected chi connectivity index (χ0v) is 20.9. The Balaban J connectivity index is 1.29. The molecule has 3 saturated carbocycles. The van der Waals surface area contributed by atoms with Crippen molar-refractivity contribution in [3.63, 3.8) is 0 Å². The Morgan fingerprint density at radius 3 is 2.74 bits per heavy atom. The van der Waals surface area contributed by atoms with Crippen molar-refractivity contribution in [1.82, 2.24) is 5.32 Å². The van der Waals surface area contributed by atoms with Gasteiger partial charge in [0, 0.05) is 12.0 Å². The summed E-state index contributed by atoms with van der Waals surface area (Å²) in [5.41, 5.74) is 1.98. The minimum atomic E-state index is 0.0161. The SMILES string of the molecule is C=C(C)C[C@]1(CC[C@@H]2CC[C@H]3[C@H]2CC[C@@H]2CCCC[C@@]23C)O[C@@H]2C[C@H](C)CN[C@H]2[C@H]1C. The van der Waals surface area contributed by atoms with Crippen LogP contribution in [0.25, 0.3) is 0 Å². The molecule has 5 aliphatic rings. The topological polar surface area (TPSA) is 21.3 Å². The van der Waals surface area contributed by atoms with E-state index in [9.17, 15) is 0 Å². The Morgan fingerprint density at radius 2 is 1.94 bits per heavy atom. The number of hydrogen-bond donors (Lipinski definition) is 1. The molecule has 5 rings (SSSR count). The molecule has 1 N–H and O–H groups in total. The molecule has 0 spiro atoms. The molecular formula is C29H49NO. The minimum absolute atomic E-state index is 0.0161. The molecule has 0 aromatic heterocycles. The molecule has 2 heterocycles. The first kappa shape index (κ1) is 22.5. The molecule has 0 aromatic carbocycles. The van der Waals surface area contributed by atoms with E-state index in [1.54, 1.807) is 0 Å². The summed E-state index contributed by atoms with van der Waals surface area (Å²) in [7, 11) is 0. The highest BCUT2D eigenvalue weighted by atomic mass is 16.5. The lowest BCUT2D eigenvalue weighted by atomic mass is 9.52. The number of nitrogens with one attached hydrogen (secondary N) is 1. The summed E-state index contributed by atoms with van der Waals surface area (Å²) in [6, 6.07) is 0.545. The summed E-state index contributed by atoms with van der Waals surface area (Å²) >= 11 is 0. The first-order valence-electron chi connectivity index (χ1n) is 13.9. The maximum absolute atomic E-state index is 7.02. The maximum atomic E-state index is 7.02. The van der Waals surface area contributed by atoms with Crippen molar-refractivity contribution in [3.8, 4) is 0 Å². The summed E-state index contributed by atoms with van der Waals surface area (Å²) in [5, 5.41) is 3.86. The second-order valence-electron chi connectivity index (χ2n) is 13.1. The van der Waals surface area contributed by atoms with Crippen LogP contribution < -0.4 is 5.32 Å². The van der Waals surface area contributed by atoms with E-state index in [1.165, 1.54) is 76.2 Å².